The number of halogens is 4. The Morgan fingerprint density at radius 2 is 2.19 bits per heavy atom. The van der Waals surface area contributed by atoms with Gasteiger partial charge in [0.05, 0.1) is 19.1 Å². The van der Waals surface area contributed by atoms with Crippen LogP contribution in [0.2, 0.25) is 0 Å². The van der Waals surface area contributed by atoms with Gasteiger partial charge in [-0.2, -0.15) is 13.2 Å². The van der Waals surface area contributed by atoms with Crippen LogP contribution in [0.1, 0.15) is 11.1 Å². The lowest BCUT2D eigenvalue weighted by Crippen LogP contribution is -2.16. The number of esters is 1. The fourth-order valence-electron chi connectivity index (χ4n) is 1.15. The number of nitrogens with zero attached hydrogens (tertiary/aromatic N) is 1. The lowest BCUT2D eigenvalue weighted by Gasteiger charge is -2.12. The minimum absolute atomic E-state index is 0.126. The van der Waals surface area contributed by atoms with Crippen molar-refractivity contribution in [1.82, 2.24) is 4.98 Å². The molecule has 0 fully saturated rings. The van der Waals surface area contributed by atoms with E-state index in [1.165, 1.54) is 34.9 Å². The molecule has 0 radical (unpaired) electrons. The zero-order chi connectivity index (χ0) is 12.3. The molecule has 1 rings (SSSR count). The first kappa shape index (κ1) is 13.2. The monoisotopic (exact) mass is 345 g/mol. The Morgan fingerprint density at radius 3 is 2.69 bits per heavy atom. The van der Waals surface area contributed by atoms with Gasteiger partial charge >= 0.3 is 12.1 Å². The lowest BCUT2D eigenvalue weighted by molar-refractivity contribution is -0.142. The van der Waals surface area contributed by atoms with E-state index in [1.54, 1.807) is 0 Å². The predicted molar refractivity (Wildman–Crippen MR) is 57.7 cm³/mol. The minimum Gasteiger partial charge on any atom is -0.469 e. The molecule has 0 aliphatic heterocycles. The zero-order valence-electron chi connectivity index (χ0n) is 8.14. The van der Waals surface area contributed by atoms with Gasteiger partial charge in [-0.05, 0) is 34.2 Å². The maximum atomic E-state index is 12.7. The summed E-state index contributed by atoms with van der Waals surface area (Å²) in [7, 11) is 1.13. The quantitative estimate of drug-likeness (QED) is 0.470. The van der Waals surface area contributed by atoms with Crippen LogP contribution in [0.15, 0.2) is 12.3 Å². The standard InChI is InChI=1S/C9H7F3INO2/c1-16-6(15)4-5-2-3-14-8(13)7(5)9(10,11)12/h2-3H,4H2,1H3. The van der Waals surface area contributed by atoms with E-state index >= 15 is 0 Å². The highest BCUT2D eigenvalue weighted by Gasteiger charge is 2.36. The molecule has 1 aromatic heterocycles. The summed E-state index contributed by atoms with van der Waals surface area (Å²) >= 11 is 1.49. The summed E-state index contributed by atoms with van der Waals surface area (Å²) in [6, 6.07) is 1.17. The van der Waals surface area contributed by atoms with Gasteiger partial charge in [-0.25, -0.2) is 4.98 Å². The second-order valence-corrected chi connectivity index (χ2v) is 3.91. The van der Waals surface area contributed by atoms with Gasteiger partial charge in [0, 0.05) is 6.20 Å². The van der Waals surface area contributed by atoms with E-state index in [0.29, 0.717) is 0 Å². The smallest absolute Gasteiger partial charge is 0.419 e. The Bertz CT molecular complexity index is 406. The van der Waals surface area contributed by atoms with Gasteiger partial charge in [0.1, 0.15) is 3.70 Å². The third kappa shape index (κ3) is 3.06. The number of ether oxygens (including phenoxy) is 1. The normalized spacial score (nSPS) is 11.3. The predicted octanol–water partition coefficient (Wildman–Crippen LogP) is 2.42. The molecular formula is C9H7F3INO2. The third-order valence-electron chi connectivity index (χ3n) is 1.84. The number of hydrogen-bond donors (Lipinski definition) is 0. The van der Waals surface area contributed by atoms with E-state index < -0.39 is 24.1 Å². The summed E-state index contributed by atoms with van der Waals surface area (Å²) in [4.78, 5) is 14.5. The molecule has 0 N–H and O–H groups in total. The molecular weight excluding hydrogens is 338 g/mol. The number of carbonyl (C=O) groups excluding carboxylic acids is 1. The molecule has 16 heavy (non-hydrogen) atoms. The van der Waals surface area contributed by atoms with Crippen LogP contribution >= 0.6 is 22.6 Å². The van der Waals surface area contributed by atoms with E-state index in [4.69, 9.17) is 0 Å². The van der Waals surface area contributed by atoms with Gasteiger partial charge < -0.3 is 4.74 Å². The van der Waals surface area contributed by atoms with Crippen molar-refractivity contribution >= 4 is 28.6 Å². The van der Waals surface area contributed by atoms with Crippen molar-refractivity contribution in [2.75, 3.05) is 7.11 Å². The van der Waals surface area contributed by atoms with Crippen LogP contribution in [0.5, 0.6) is 0 Å². The van der Waals surface area contributed by atoms with Crippen molar-refractivity contribution in [3.8, 4) is 0 Å². The molecule has 0 aliphatic carbocycles. The summed E-state index contributed by atoms with van der Waals surface area (Å²) in [5.74, 6) is -0.715. The second kappa shape index (κ2) is 4.98. The molecule has 0 unspecified atom stereocenters. The molecule has 1 heterocycles. The first-order valence-electron chi connectivity index (χ1n) is 4.13. The summed E-state index contributed by atoms with van der Waals surface area (Å²) in [5, 5.41) is 0. The van der Waals surface area contributed by atoms with Gasteiger partial charge in [-0.3, -0.25) is 4.79 Å². The minimum atomic E-state index is -4.52. The SMILES string of the molecule is COC(=O)Cc1ccnc(I)c1C(F)(F)F. The molecule has 1 aromatic rings. The van der Waals surface area contributed by atoms with E-state index in [2.05, 4.69) is 9.72 Å². The third-order valence-corrected chi connectivity index (χ3v) is 2.65. The highest BCUT2D eigenvalue weighted by molar-refractivity contribution is 14.1. The van der Waals surface area contributed by atoms with Crippen molar-refractivity contribution in [3.05, 3.63) is 27.1 Å². The molecule has 0 aromatic carbocycles. The largest absolute Gasteiger partial charge is 0.469 e. The van der Waals surface area contributed by atoms with Gasteiger partial charge in [0.2, 0.25) is 0 Å². The van der Waals surface area contributed by atoms with Crippen molar-refractivity contribution in [2.24, 2.45) is 0 Å². The van der Waals surface area contributed by atoms with Crippen LogP contribution in [0.25, 0.3) is 0 Å². The number of aromatic nitrogens is 1. The number of pyridine rings is 1. The topological polar surface area (TPSA) is 39.2 Å². The van der Waals surface area contributed by atoms with E-state index in [0.717, 1.165) is 7.11 Å². The molecule has 0 amide bonds. The van der Waals surface area contributed by atoms with Crippen LogP contribution in [-0.2, 0) is 22.1 Å². The molecule has 0 saturated heterocycles. The maximum absolute atomic E-state index is 12.7. The fourth-order valence-corrected chi connectivity index (χ4v) is 1.96. The number of alkyl halides is 3. The fraction of sp³-hybridized carbons (Fsp3) is 0.333. The number of rotatable bonds is 2. The van der Waals surface area contributed by atoms with E-state index in [9.17, 15) is 18.0 Å². The summed E-state index contributed by atoms with van der Waals surface area (Å²) < 4.78 is 42.2. The Labute approximate surface area is 103 Å². The number of hydrogen-bond acceptors (Lipinski definition) is 3. The second-order valence-electron chi connectivity index (χ2n) is 2.89. The van der Waals surface area contributed by atoms with Crippen LogP contribution < -0.4 is 0 Å². The molecule has 0 aliphatic rings. The maximum Gasteiger partial charge on any atom is 0.419 e. The van der Waals surface area contributed by atoms with Crippen molar-refractivity contribution in [2.45, 2.75) is 12.6 Å². The van der Waals surface area contributed by atoms with E-state index in [-0.39, 0.29) is 9.26 Å². The first-order valence-corrected chi connectivity index (χ1v) is 5.21. The van der Waals surface area contributed by atoms with Gasteiger partial charge in [0.15, 0.2) is 0 Å². The zero-order valence-corrected chi connectivity index (χ0v) is 10.3. The molecule has 0 atom stereocenters. The van der Waals surface area contributed by atoms with Gasteiger partial charge in [0.25, 0.3) is 0 Å². The van der Waals surface area contributed by atoms with E-state index in [1.807, 2.05) is 0 Å². The molecule has 0 saturated carbocycles. The Hall–Kier alpha value is -0.860. The number of carbonyl (C=O) groups is 1. The van der Waals surface area contributed by atoms with Crippen molar-refractivity contribution in [1.29, 1.82) is 0 Å². The lowest BCUT2D eigenvalue weighted by atomic mass is 10.1. The van der Waals surface area contributed by atoms with Gasteiger partial charge in [-0.1, -0.05) is 0 Å². The molecule has 3 nitrogen and oxygen atoms in total. The average Bonchev–Trinajstić information content (AvgIpc) is 2.15. The van der Waals surface area contributed by atoms with Crippen LogP contribution in [0.3, 0.4) is 0 Å². The molecule has 0 spiro atoms. The first-order chi connectivity index (χ1) is 7.36. The highest BCUT2D eigenvalue weighted by atomic mass is 127. The van der Waals surface area contributed by atoms with Crippen LogP contribution in [-0.4, -0.2) is 18.1 Å². The van der Waals surface area contributed by atoms with Crippen LogP contribution in [0, 0.1) is 3.70 Å². The molecule has 88 valence electrons. The van der Waals surface area contributed by atoms with Crippen molar-refractivity contribution in [3.63, 3.8) is 0 Å². The van der Waals surface area contributed by atoms with Crippen LogP contribution in [0.4, 0.5) is 13.2 Å². The van der Waals surface area contributed by atoms with Crippen molar-refractivity contribution < 1.29 is 22.7 Å². The average molecular weight is 345 g/mol. The van der Waals surface area contributed by atoms with Gasteiger partial charge in [-0.15, -0.1) is 0 Å². The molecule has 7 heteroatoms. The summed E-state index contributed by atoms with van der Waals surface area (Å²) in [6.07, 6.45) is -3.70. The highest BCUT2D eigenvalue weighted by Crippen LogP contribution is 2.34. The Kier molecular flexibility index (Phi) is 4.11. The number of methoxy groups -OCH3 is 1. The summed E-state index contributed by atoms with van der Waals surface area (Å²) in [6.45, 7) is 0. The Morgan fingerprint density at radius 1 is 1.56 bits per heavy atom. The molecule has 0 bridgehead atoms. The summed E-state index contributed by atoms with van der Waals surface area (Å²) in [5.41, 5.74) is -1.00. The Balaban J connectivity index is 3.18.